The van der Waals surface area contributed by atoms with Gasteiger partial charge in [0.15, 0.2) is 0 Å². The second-order valence-electron chi connectivity index (χ2n) is 4.05. The summed E-state index contributed by atoms with van der Waals surface area (Å²) in [5, 5.41) is 10.7. The van der Waals surface area contributed by atoms with E-state index in [0.29, 0.717) is 5.02 Å². The van der Waals surface area contributed by atoms with Crippen LogP contribution in [0.1, 0.15) is 25.5 Å². The minimum Gasteiger partial charge on any atom is -0.481 e. The van der Waals surface area contributed by atoms with Crippen molar-refractivity contribution in [1.82, 2.24) is 4.57 Å². The molecule has 17 heavy (non-hydrogen) atoms. The SMILES string of the molecule is CCn1c(C(C)C(=O)O)cc2c(Cl)cccc21. The molecule has 0 spiro atoms. The number of fused-ring (bicyclic) bond motifs is 1. The third-order valence-electron chi connectivity index (χ3n) is 3.05. The monoisotopic (exact) mass is 251 g/mol. The molecule has 1 unspecified atom stereocenters. The number of aliphatic carboxylic acids is 1. The maximum absolute atomic E-state index is 11.1. The smallest absolute Gasteiger partial charge is 0.312 e. The molecule has 1 aromatic carbocycles. The van der Waals surface area contributed by atoms with Crippen LogP contribution in [0.3, 0.4) is 0 Å². The van der Waals surface area contributed by atoms with Gasteiger partial charge in [-0.2, -0.15) is 0 Å². The van der Waals surface area contributed by atoms with Gasteiger partial charge in [0, 0.05) is 28.2 Å². The number of aryl methyl sites for hydroxylation is 1. The molecule has 0 radical (unpaired) electrons. The van der Waals surface area contributed by atoms with Gasteiger partial charge in [0.2, 0.25) is 0 Å². The largest absolute Gasteiger partial charge is 0.481 e. The van der Waals surface area contributed by atoms with Crippen molar-refractivity contribution in [2.24, 2.45) is 0 Å². The van der Waals surface area contributed by atoms with Crippen LogP contribution in [0.2, 0.25) is 5.02 Å². The van der Waals surface area contributed by atoms with E-state index >= 15 is 0 Å². The highest BCUT2D eigenvalue weighted by molar-refractivity contribution is 6.35. The number of carboxylic acids is 1. The fraction of sp³-hybridized carbons (Fsp3) is 0.308. The molecular weight excluding hydrogens is 238 g/mol. The van der Waals surface area contributed by atoms with Gasteiger partial charge in [-0.25, -0.2) is 0 Å². The van der Waals surface area contributed by atoms with Crippen LogP contribution in [0, 0.1) is 0 Å². The van der Waals surface area contributed by atoms with Gasteiger partial charge in [0.25, 0.3) is 0 Å². The van der Waals surface area contributed by atoms with Crippen molar-refractivity contribution in [3.8, 4) is 0 Å². The number of rotatable bonds is 3. The molecule has 0 aliphatic carbocycles. The Kier molecular flexibility index (Phi) is 3.11. The summed E-state index contributed by atoms with van der Waals surface area (Å²) < 4.78 is 2.00. The Morgan fingerprint density at radius 3 is 2.82 bits per heavy atom. The lowest BCUT2D eigenvalue weighted by Crippen LogP contribution is -2.12. The Labute approximate surface area is 105 Å². The maximum Gasteiger partial charge on any atom is 0.312 e. The number of carboxylic acid groups (broad SMARTS) is 1. The molecule has 2 rings (SSSR count). The Balaban J connectivity index is 2.72. The van der Waals surface area contributed by atoms with Crippen LogP contribution in [0.5, 0.6) is 0 Å². The van der Waals surface area contributed by atoms with Crippen molar-refractivity contribution in [2.75, 3.05) is 0 Å². The molecule has 0 bridgehead atoms. The average molecular weight is 252 g/mol. The molecule has 1 aromatic heterocycles. The first kappa shape index (κ1) is 12.0. The molecule has 1 atom stereocenters. The van der Waals surface area contributed by atoms with E-state index in [1.165, 1.54) is 0 Å². The van der Waals surface area contributed by atoms with Gasteiger partial charge in [0.1, 0.15) is 0 Å². The molecule has 1 N–H and O–H groups in total. The topological polar surface area (TPSA) is 42.2 Å². The number of carbonyl (C=O) groups is 1. The van der Waals surface area contributed by atoms with E-state index in [0.717, 1.165) is 23.1 Å². The zero-order chi connectivity index (χ0) is 12.6. The van der Waals surface area contributed by atoms with Crippen LogP contribution >= 0.6 is 11.6 Å². The highest BCUT2D eigenvalue weighted by atomic mass is 35.5. The Morgan fingerprint density at radius 1 is 1.53 bits per heavy atom. The van der Waals surface area contributed by atoms with Crippen molar-refractivity contribution in [1.29, 1.82) is 0 Å². The summed E-state index contributed by atoms with van der Waals surface area (Å²) in [5.74, 6) is -1.35. The Morgan fingerprint density at radius 2 is 2.24 bits per heavy atom. The maximum atomic E-state index is 11.1. The number of halogens is 1. The van der Waals surface area contributed by atoms with Gasteiger partial charge in [-0.1, -0.05) is 17.7 Å². The summed E-state index contributed by atoms with van der Waals surface area (Å²) in [6, 6.07) is 7.54. The minimum absolute atomic E-state index is 0.529. The van der Waals surface area contributed by atoms with Crippen LogP contribution in [0.25, 0.3) is 10.9 Å². The van der Waals surface area contributed by atoms with Crippen LogP contribution in [0.15, 0.2) is 24.3 Å². The van der Waals surface area contributed by atoms with Crippen molar-refractivity contribution >= 4 is 28.5 Å². The lowest BCUT2D eigenvalue weighted by molar-refractivity contribution is -0.138. The second kappa shape index (κ2) is 4.41. The summed E-state index contributed by atoms with van der Waals surface area (Å²) in [4.78, 5) is 11.1. The van der Waals surface area contributed by atoms with Crippen molar-refractivity contribution in [2.45, 2.75) is 26.3 Å². The highest BCUT2D eigenvalue weighted by Gasteiger charge is 2.20. The summed E-state index contributed by atoms with van der Waals surface area (Å²) in [7, 11) is 0. The van der Waals surface area contributed by atoms with E-state index in [1.54, 1.807) is 6.92 Å². The van der Waals surface area contributed by atoms with Crippen molar-refractivity contribution in [3.05, 3.63) is 35.0 Å². The molecule has 0 amide bonds. The van der Waals surface area contributed by atoms with Gasteiger partial charge < -0.3 is 9.67 Å². The first-order chi connectivity index (χ1) is 8.06. The van der Waals surface area contributed by atoms with E-state index in [1.807, 2.05) is 35.8 Å². The predicted octanol–water partition coefficient (Wildman–Crippen LogP) is 3.50. The minimum atomic E-state index is -0.821. The third kappa shape index (κ3) is 1.91. The van der Waals surface area contributed by atoms with Gasteiger partial charge in [-0.15, -0.1) is 0 Å². The summed E-state index contributed by atoms with van der Waals surface area (Å²) in [6.45, 7) is 4.42. The first-order valence-electron chi connectivity index (χ1n) is 5.56. The van der Waals surface area contributed by atoms with E-state index in [2.05, 4.69) is 0 Å². The fourth-order valence-electron chi connectivity index (χ4n) is 2.11. The van der Waals surface area contributed by atoms with E-state index in [9.17, 15) is 4.79 Å². The van der Waals surface area contributed by atoms with E-state index in [4.69, 9.17) is 16.7 Å². The van der Waals surface area contributed by atoms with Crippen LogP contribution in [0.4, 0.5) is 0 Å². The number of hydrogen-bond donors (Lipinski definition) is 1. The molecular formula is C13H14ClNO2. The molecule has 0 fully saturated rings. The second-order valence-corrected chi connectivity index (χ2v) is 4.45. The fourth-order valence-corrected chi connectivity index (χ4v) is 2.33. The molecule has 0 saturated carbocycles. The number of nitrogens with zero attached hydrogens (tertiary/aromatic N) is 1. The summed E-state index contributed by atoms with van der Waals surface area (Å²) in [5.41, 5.74) is 1.78. The molecule has 1 heterocycles. The number of benzene rings is 1. The highest BCUT2D eigenvalue weighted by Crippen LogP contribution is 2.30. The van der Waals surface area contributed by atoms with Crippen LogP contribution in [-0.2, 0) is 11.3 Å². The zero-order valence-corrected chi connectivity index (χ0v) is 10.5. The average Bonchev–Trinajstić information content (AvgIpc) is 2.67. The quantitative estimate of drug-likeness (QED) is 0.907. The van der Waals surface area contributed by atoms with E-state index < -0.39 is 11.9 Å². The Bertz CT molecular complexity index is 574. The first-order valence-corrected chi connectivity index (χ1v) is 5.94. The van der Waals surface area contributed by atoms with Crippen LogP contribution < -0.4 is 0 Å². The van der Waals surface area contributed by atoms with Gasteiger partial charge in [0.05, 0.1) is 5.92 Å². The third-order valence-corrected chi connectivity index (χ3v) is 3.38. The number of aromatic nitrogens is 1. The molecule has 0 saturated heterocycles. The zero-order valence-electron chi connectivity index (χ0n) is 9.77. The van der Waals surface area contributed by atoms with Gasteiger partial charge >= 0.3 is 5.97 Å². The molecule has 3 nitrogen and oxygen atoms in total. The molecule has 4 heteroatoms. The molecule has 2 aromatic rings. The summed E-state index contributed by atoms with van der Waals surface area (Å²) >= 11 is 6.12. The predicted molar refractivity (Wildman–Crippen MR) is 68.7 cm³/mol. The van der Waals surface area contributed by atoms with E-state index in [-0.39, 0.29) is 0 Å². The molecule has 0 aliphatic heterocycles. The van der Waals surface area contributed by atoms with Crippen LogP contribution in [-0.4, -0.2) is 15.6 Å². The van der Waals surface area contributed by atoms with Gasteiger partial charge in [-0.05, 0) is 32.0 Å². The summed E-state index contributed by atoms with van der Waals surface area (Å²) in [6.07, 6.45) is 0. The van der Waals surface area contributed by atoms with Crippen molar-refractivity contribution < 1.29 is 9.90 Å². The normalized spacial score (nSPS) is 12.9. The van der Waals surface area contributed by atoms with Gasteiger partial charge in [-0.3, -0.25) is 4.79 Å². The van der Waals surface area contributed by atoms with Crippen molar-refractivity contribution in [3.63, 3.8) is 0 Å². The molecule has 90 valence electrons. The standard InChI is InChI=1S/C13H14ClNO2/c1-3-15-11-6-4-5-10(14)9(11)7-12(15)8(2)13(16)17/h4-8H,3H2,1-2H3,(H,16,17). The lowest BCUT2D eigenvalue weighted by atomic mass is 10.1. The lowest BCUT2D eigenvalue weighted by Gasteiger charge is -2.11. The Hall–Kier alpha value is -1.48. The molecule has 0 aliphatic rings. The number of hydrogen-bond acceptors (Lipinski definition) is 1.